The normalized spacial score (nSPS) is 10.2. The molecule has 110 valence electrons. The maximum absolute atomic E-state index is 11.9. The van der Waals surface area contributed by atoms with Crippen LogP contribution in [0.3, 0.4) is 0 Å². The van der Waals surface area contributed by atoms with Crippen molar-refractivity contribution in [2.24, 2.45) is 0 Å². The van der Waals surface area contributed by atoms with Crippen LogP contribution in [0.4, 0.5) is 16.3 Å². The second-order valence-electron chi connectivity index (χ2n) is 4.58. The molecule has 2 heterocycles. The summed E-state index contributed by atoms with van der Waals surface area (Å²) >= 11 is 3.30. The smallest absolute Gasteiger partial charge is 0.324 e. The van der Waals surface area contributed by atoms with E-state index in [1.54, 1.807) is 12.3 Å². The Bertz CT molecular complexity index is 752. The van der Waals surface area contributed by atoms with Gasteiger partial charge in [-0.3, -0.25) is 5.32 Å². The number of carbonyl (C=O) groups is 1. The number of rotatable bonds is 3. The van der Waals surface area contributed by atoms with Crippen LogP contribution in [-0.2, 0) is 0 Å². The zero-order chi connectivity index (χ0) is 15.4. The fourth-order valence-corrected chi connectivity index (χ4v) is 2.19. The third-order valence-electron chi connectivity index (χ3n) is 3.00. The predicted molar refractivity (Wildman–Crippen MR) is 90.3 cm³/mol. The fraction of sp³-hybridized carbons (Fsp3) is 0. The van der Waals surface area contributed by atoms with Crippen molar-refractivity contribution in [3.8, 4) is 5.69 Å². The topological polar surface area (TPSA) is 59.0 Å². The molecule has 0 unspecified atom stereocenters. The lowest BCUT2D eigenvalue weighted by atomic mass is 10.3. The lowest BCUT2D eigenvalue weighted by Crippen LogP contribution is -2.19. The van der Waals surface area contributed by atoms with Gasteiger partial charge in [-0.15, -0.1) is 0 Å². The summed E-state index contributed by atoms with van der Waals surface area (Å²) in [6.45, 7) is 0. The van der Waals surface area contributed by atoms with E-state index in [-0.39, 0.29) is 6.03 Å². The van der Waals surface area contributed by atoms with Crippen molar-refractivity contribution in [3.05, 3.63) is 71.6 Å². The summed E-state index contributed by atoms with van der Waals surface area (Å²) in [5.74, 6) is 0.490. The minimum atomic E-state index is -0.330. The van der Waals surface area contributed by atoms with Gasteiger partial charge in [-0.25, -0.2) is 9.78 Å². The molecular weight excluding hydrogens is 344 g/mol. The third-order valence-corrected chi connectivity index (χ3v) is 3.47. The molecule has 5 nitrogen and oxygen atoms in total. The van der Waals surface area contributed by atoms with Gasteiger partial charge in [0.25, 0.3) is 0 Å². The van der Waals surface area contributed by atoms with Gasteiger partial charge in [0.2, 0.25) is 0 Å². The first-order chi connectivity index (χ1) is 10.7. The van der Waals surface area contributed by atoms with E-state index in [0.29, 0.717) is 11.5 Å². The van der Waals surface area contributed by atoms with Crippen molar-refractivity contribution in [2.75, 3.05) is 10.6 Å². The molecule has 0 aliphatic rings. The van der Waals surface area contributed by atoms with Gasteiger partial charge in [-0.05, 0) is 64.5 Å². The second-order valence-corrected chi connectivity index (χ2v) is 5.49. The standard InChI is InChI=1S/C16H13BrN4O/c17-12-3-8-15(18-11-12)20-16(22)19-13-4-6-14(7-5-13)21-9-1-2-10-21/h1-11H,(H2,18,19,20,22). The molecule has 3 rings (SSSR count). The van der Waals surface area contributed by atoms with Gasteiger partial charge in [-0.1, -0.05) is 0 Å². The van der Waals surface area contributed by atoms with Crippen molar-refractivity contribution < 1.29 is 4.79 Å². The number of carbonyl (C=O) groups excluding carboxylic acids is 1. The Morgan fingerprint density at radius 1 is 1.00 bits per heavy atom. The van der Waals surface area contributed by atoms with Crippen LogP contribution in [-0.4, -0.2) is 15.6 Å². The van der Waals surface area contributed by atoms with Crippen LogP contribution in [0.5, 0.6) is 0 Å². The van der Waals surface area contributed by atoms with Crippen LogP contribution >= 0.6 is 15.9 Å². The van der Waals surface area contributed by atoms with Crippen LogP contribution in [0.1, 0.15) is 0 Å². The summed E-state index contributed by atoms with van der Waals surface area (Å²) in [4.78, 5) is 16.0. The lowest BCUT2D eigenvalue weighted by molar-refractivity contribution is 0.262. The van der Waals surface area contributed by atoms with Gasteiger partial charge >= 0.3 is 6.03 Å². The summed E-state index contributed by atoms with van der Waals surface area (Å²) in [6, 6.07) is 14.7. The summed E-state index contributed by atoms with van der Waals surface area (Å²) in [7, 11) is 0. The van der Waals surface area contributed by atoms with E-state index in [9.17, 15) is 4.79 Å². The van der Waals surface area contributed by atoms with E-state index < -0.39 is 0 Å². The SMILES string of the molecule is O=C(Nc1ccc(-n2cccc2)cc1)Nc1ccc(Br)cn1. The Hall–Kier alpha value is -2.60. The van der Waals surface area contributed by atoms with Crippen molar-refractivity contribution in [2.45, 2.75) is 0 Å². The summed E-state index contributed by atoms with van der Waals surface area (Å²) < 4.78 is 2.86. The Kier molecular flexibility index (Phi) is 4.20. The molecule has 0 saturated carbocycles. The van der Waals surface area contributed by atoms with Gasteiger partial charge < -0.3 is 9.88 Å². The minimum Gasteiger partial charge on any atom is -0.324 e. The number of nitrogens with zero attached hydrogens (tertiary/aromatic N) is 2. The molecule has 0 aliphatic heterocycles. The highest BCUT2D eigenvalue weighted by atomic mass is 79.9. The number of halogens is 1. The highest BCUT2D eigenvalue weighted by molar-refractivity contribution is 9.10. The first-order valence-electron chi connectivity index (χ1n) is 6.64. The van der Waals surface area contributed by atoms with E-state index in [2.05, 4.69) is 31.5 Å². The number of urea groups is 1. The Morgan fingerprint density at radius 2 is 1.73 bits per heavy atom. The first-order valence-corrected chi connectivity index (χ1v) is 7.43. The molecule has 1 aromatic carbocycles. The number of anilines is 2. The quantitative estimate of drug-likeness (QED) is 0.735. The van der Waals surface area contributed by atoms with Crippen molar-refractivity contribution in [3.63, 3.8) is 0 Å². The number of pyridine rings is 1. The molecule has 0 aliphatic carbocycles. The molecule has 0 bridgehead atoms. The third kappa shape index (κ3) is 3.53. The molecule has 22 heavy (non-hydrogen) atoms. The number of benzene rings is 1. The lowest BCUT2D eigenvalue weighted by Gasteiger charge is -2.08. The number of nitrogens with one attached hydrogen (secondary N) is 2. The average Bonchev–Trinajstić information content (AvgIpc) is 3.05. The van der Waals surface area contributed by atoms with E-state index in [1.807, 2.05) is 59.4 Å². The van der Waals surface area contributed by atoms with E-state index in [1.165, 1.54) is 0 Å². The highest BCUT2D eigenvalue weighted by Crippen LogP contribution is 2.14. The van der Waals surface area contributed by atoms with Crippen LogP contribution in [0.15, 0.2) is 71.6 Å². The summed E-state index contributed by atoms with van der Waals surface area (Å²) in [5.41, 5.74) is 1.75. The molecule has 0 spiro atoms. The molecule has 3 aromatic rings. The number of hydrogen-bond donors (Lipinski definition) is 2. The first kappa shape index (κ1) is 14.3. The van der Waals surface area contributed by atoms with E-state index >= 15 is 0 Å². The van der Waals surface area contributed by atoms with E-state index in [4.69, 9.17) is 0 Å². The van der Waals surface area contributed by atoms with Crippen LogP contribution in [0.2, 0.25) is 0 Å². The number of amides is 2. The van der Waals surface area contributed by atoms with Gasteiger partial charge in [-0.2, -0.15) is 0 Å². The molecule has 2 N–H and O–H groups in total. The largest absolute Gasteiger partial charge is 0.324 e. The van der Waals surface area contributed by atoms with Crippen LogP contribution < -0.4 is 10.6 Å². The molecule has 0 fully saturated rings. The molecule has 6 heteroatoms. The van der Waals surface area contributed by atoms with Crippen LogP contribution in [0, 0.1) is 0 Å². The molecule has 0 atom stereocenters. The van der Waals surface area contributed by atoms with Crippen molar-refractivity contribution in [1.29, 1.82) is 0 Å². The maximum atomic E-state index is 11.9. The summed E-state index contributed by atoms with van der Waals surface area (Å²) in [5, 5.41) is 5.44. The molecular formula is C16H13BrN4O. The zero-order valence-electron chi connectivity index (χ0n) is 11.5. The number of aromatic nitrogens is 2. The second kappa shape index (κ2) is 6.44. The predicted octanol–water partition coefficient (Wildman–Crippen LogP) is 4.28. The zero-order valence-corrected chi connectivity index (χ0v) is 13.1. The Balaban J connectivity index is 1.63. The minimum absolute atomic E-state index is 0.330. The monoisotopic (exact) mass is 356 g/mol. The fourth-order valence-electron chi connectivity index (χ4n) is 1.95. The molecule has 0 radical (unpaired) electrons. The highest BCUT2D eigenvalue weighted by Gasteiger charge is 2.04. The van der Waals surface area contributed by atoms with Gasteiger partial charge in [0, 0.05) is 34.4 Å². The Labute approximate surface area is 136 Å². The average molecular weight is 357 g/mol. The maximum Gasteiger partial charge on any atom is 0.324 e. The summed E-state index contributed by atoms with van der Waals surface area (Å²) in [6.07, 6.45) is 5.56. The van der Waals surface area contributed by atoms with Gasteiger partial charge in [0.1, 0.15) is 5.82 Å². The molecule has 2 amide bonds. The molecule has 0 saturated heterocycles. The van der Waals surface area contributed by atoms with Gasteiger partial charge in [0.15, 0.2) is 0 Å². The van der Waals surface area contributed by atoms with E-state index in [0.717, 1.165) is 10.2 Å². The molecule has 2 aromatic heterocycles. The van der Waals surface area contributed by atoms with Crippen molar-refractivity contribution >= 4 is 33.5 Å². The van der Waals surface area contributed by atoms with Crippen LogP contribution in [0.25, 0.3) is 5.69 Å². The van der Waals surface area contributed by atoms with Gasteiger partial charge in [0.05, 0.1) is 0 Å². The Morgan fingerprint density at radius 3 is 2.36 bits per heavy atom. The number of hydrogen-bond acceptors (Lipinski definition) is 2. The van der Waals surface area contributed by atoms with Crippen molar-refractivity contribution in [1.82, 2.24) is 9.55 Å².